The summed E-state index contributed by atoms with van der Waals surface area (Å²) in [6, 6.07) is 7.25. The summed E-state index contributed by atoms with van der Waals surface area (Å²) in [6.07, 6.45) is 2.85. The Labute approximate surface area is 97.0 Å². The van der Waals surface area contributed by atoms with E-state index in [-0.39, 0.29) is 5.82 Å². The molecule has 1 aromatic carbocycles. The van der Waals surface area contributed by atoms with E-state index in [4.69, 9.17) is 5.73 Å². The molecule has 0 saturated carbocycles. The third-order valence-corrected chi connectivity index (χ3v) is 2.61. The highest BCUT2D eigenvalue weighted by Gasteiger charge is 2.06. The molecule has 0 heterocycles. The van der Waals surface area contributed by atoms with Crippen LogP contribution in [0.25, 0.3) is 0 Å². The van der Waals surface area contributed by atoms with Crippen molar-refractivity contribution >= 4 is 0 Å². The van der Waals surface area contributed by atoms with Crippen molar-refractivity contribution in [2.75, 3.05) is 13.1 Å². The van der Waals surface area contributed by atoms with Crippen molar-refractivity contribution in [1.29, 1.82) is 0 Å². The number of nitrogens with one attached hydrogen (secondary N) is 1. The minimum atomic E-state index is -0.113. The van der Waals surface area contributed by atoms with Crippen LogP contribution in [0.15, 0.2) is 24.3 Å². The van der Waals surface area contributed by atoms with E-state index < -0.39 is 0 Å². The van der Waals surface area contributed by atoms with Gasteiger partial charge >= 0.3 is 0 Å². The van der Waals surface area contributed by atoms with Crippen molar-refractivity contribution in [2.24, 2.45) is 5.73 Å². The maximum absolute atomic E-state index is 13.3. The second kappa shape index (κ2) is 7.36. The van der Waals surface area contributed by atoms with Crippen LogP contribution in [0.3, 0.4) is 0 Å². The molecule has 0 aliphatic rings. The van der Waals surface area contributed by atoms with Gasteiger partial charge in [-0.25, -0.2) is 4.39 Å². The molecule has 0 aliphatic carbocycles. The fourth-order valence-electron chi connectivity index (χ4n) is 1.68. The van der Waals surface area contributed by atoms with Crippen LogP contribution in [-0.2, 0) is 6.42 Å². The van der Waals surface area contributed by atoms with E-state index in [1.165, 1.54) is 6.07 Å². The predicted molar refractivity (Wildman–Crippen MR) is 65.9 cm³/mol. The molecular formula is C13H21FN2. The fraction of sp³-hybridized carbons (Fsp3) is 0.538. The molecule has 1 rings (SSSR count). The summed E-state index contributed by atoms with van der Waals surface area (Å²) < 4.78 is 13.3. The maximum atomic E-state index is 13.3. The van der Waals surface area contributed by atoms with Crippen molar-refractivity contribution < 1.29 is 4.39 Å². The van der Waals surface area contributed by atoms with E-state index in [0.717, 1.165) is 37.9 Å². The first-order valence-corrected chi connectivity index (χ1v) is 5.91. The Balaban J connectivity index is 2.28. The van der Waals surface area contributed by atoms with Gasteiger partial charge in [0, 0.05) is 6.04 Å². The molecule has 3 heteroatoms. The lowest BCUT2D eigenvalue weighted by Gasteiger charge is -2.14. The fourth-order valence-corrected chi connectivity index (χ4v) is 1.68. The van der Waals surface area contributed by atoms with Gasteiger partial charge in [0.2, 0.25) is 0 Å². The molecule has 2 nitrogen and oxygen atoms in total. The first-order valence-electron chi connectivity index (χ1n) is 5.91. The first-order chi connectivity index (χ1) is 7.74. The number of nitrogens with two attached hydrogens (primary N) is 1. The molecule has 3 N–H and O–H groups in total. The quantitative estimate of drug-likeness (QED) is 0.696. The lowest BCUT2D eigenvalue weighted by Crippen LogP contribution is -2.29. The molecule has 0 aliphatic heterocycles. The zero-order chi connectivity index (χ0) is 11.8. The summed E-state index contributed by atoms with van der Waals surface area (Å²) in [5, 5.41) is 3.37. The number of halogens is 1. The van der Waals surface area contributed by atoms with Gasteiger partial charge in [0.1, 0.15) is 5.82 Å². The van der Waals surface area contributed by atoms with Gasteiger partial charge in [-0.15, -0.1) is 0 Å². The average molecular weight is 224 g/mol. The van der Waals surface area contributed by atoms with Crippen LogP contribution in [0.1, 0.15) is 25.3 Å². The molecule has 1 unspecified atom stereocenters. The Kier molecular flexibility index (Phi) is 6.04. The van der Waals surface area contributed by atoms with Crippen LogP contribution in [0.2, 0.25) is 0 Å². The van der Waals surface area contributed by atoms with E-state index >= 15 is 0 Å². The molecule has 0 saturated heterocycles. The minimum absolute atomic E-state index is 0.113. The lowest BCUT2D eigenvalue weighted by molar-refractivity contribution is 0.513. The molecule has 0 spiro atoms. The normalized spacial score (nSPS) is 12.7. The zero-order valence-electron chi connectivity index (χ0n) is 9.88. The minimum Gasteiger partial charge on any atom is -0.330 e. The molecule has 0 aromatic heterocycles. The van der Waals surface area contributed by atoms with E-state index in [2.05, 4.69) is 12.2 Å². The molecule has 0 amide bonds. The zero-order valence-corrected chi connectivity index (χ0v) is 9.88. The van der Waals surface area contributed by atoms with Crippen LogP contribution in [0, 0.1) is 5.82 Å². The van der Waals surface area contributed by atoms with Gasteiger partial charge in [-0.05, 0) is 50.9 Å². The topological polar surface area (TPSA) is 38.0 Å². The van der Waals surface area contributed by atoms with Crippen LogP contribution in [0.5, 0.6) is 0 Å². The van der Waals surface area contributed by atoms with Gasteiger partial charge < -0.3 is 11.1 Å². The van der Waals surface area contributed by atoms with Crippen molar-refractivity contribution in [3.8, 4) is 0 Å². The molecule has 16 heavy (non-hydrogen) atoms. The molecule has 90 valence electrons. The third-order valence-electron chi connectivity index (χ3n) is 2.61. The number of benzene rings is 1. The third kappa shape index (κ3) is 4.73. The SMILES string of the molecule is CC(Cc1ccccc1F)NCCCCN. The number of unbranched alkanes of at least 4 members (excludes halogenated alkanes) is 1. The highest BCUT2D eigenvalue weighted by molar-refractivity contribution is 5.18. The number of hydrogen-bond donors (Lipinski definition) is 2. The highest BCUT2D eigenvalue weighted by Crippen LogP contribution is 2.08. The largest absolute Gasteiger partial charge is 0.330 e. The van der Waals surface area contributed by atoms with Crippen LogP contribution < -0.4 is 11.1 Å². The summed E-state index contributed by atoms with van der Waals surface area (Å²) >= 11 is 0. The van der Waals surface area contributed by atoms with E-state index in [9.17, 15) is 4.39 Å². The Morgan fingerprint density at radius 2 is 2.06 bits per heavy atom. The molecule has 1 aromatic rings. The smallest absolute Gasteiger partial charge is 0.126 e. The Bertz CT molecular complexity index is 302. The lowest BCUT2D eigenvalue weighted by atomic mass is 10.1. The van der Waals surface area contributed by atoms with Gasteiger partial charge in [0.15, 0.2) is 0 Å². The van der Waals surface area contributed by atoms with Crippen LogP contribution in [0.4, 0.5) is 4.39 Å². The second-order valence-electron chi connectivity index (χ2n) is 4.15. The van der Waals surface area contributed by atoms with Crippen molar-refractivity contribution in [2.45, 2.75) is 32.2 Å². The Hall–Kier alpha value is -0.930. The average Bonchev–Trinajstić information content (AvgIpc) is 2.28. The Morgan fingerprint density at radius 1 is 1.31 bits per heavy atom. The standard InChI is InChI=1S/C13H21FN2/c1-11(16-9-5-4-8-15)10-12-6-2-3-7-13(12)14/h2-3,6-7,11,16H,4-5,8-10,15H2,1H3. The van der Waals surface area contributed by atoms with Crippen molar-refractivity contribution in [1.82, 2.24) is 5.32 Å². The van der Waals surface area contributed by atoms with E-state index in [1.54, 1.807) is 6.07 Å². The van der Waals surface area contributed by atoms with Crippen LogP contribution >= 0.6 is 0 Å². The maximum Gasteiger partial charge on any atom is 0.126 e. The monoisotopic (exact) mass is 224 g/mol. The van der Waals surface area contributed by atoms with Crippen molar-refractivity contribution in [3.63, 3.8) is 0 Å². The Morgan fingerprint density at radius 3 is 2.75 bits per heavy atom. The van der Waals surface area contributed by atoms with E-state index in [1.807, 2.05) is 12.1 Å². The molecule has 0 radical (unpaired) electrons. The van der Waals surface area contributed by atoms with Crippen molar-refractivity contribution in [3.05, 3.63) is 35.6 Å². The van der Waals surface area contributed by atoms with E-state index in [0.29, 0.717) is 6.04 Å². The van der Waals surface area contributed by atoms with Gasteiger partial charge in [-0.3, -0.25) is 0 Å². The highest BCUT2D eigenvalue weighted by atomic mass is 19.1. The predicted octanol–water partition coefficient (Wildman–Crippen LogP) is 2.09. The van der Waals surface area contributed by atoms with Gasteiger partial charge in [0.05, 0.1) is 0 Å². The second-order valence-corrected chi connectivity index (χ2v) is 4.15. The van der Waals surface area contributed by atoms with Gasteiger partial charge in [-0.2, -0.15) is 0 Å². The van der Waals surface area contributed by atoms with Crippen LogP contribution in [-0.4, -0.2) is 19.1 Å². The van der Waals surface area contributed by atoms with Gasteiger partial charge in [-0.1, -0.05) is 18.2 Å². The summed E-state index contributed by atoms with van der Waals surface area (Å²) in [5.74, 6) is -0.113. The van der Waals surface area contributed by atoms with Gasteiger partial charge in [0.25, 0.3) is 0 Å². The summed E-state index contributed by atoms with van der Waals surface area (Å²) in [7, 11) is 0. The summed E-state index contributed by atoms with van der Waals surface area (Å²) in [5.41, 5.74) is 6.19. The molecule has 0 bridgehead atoms. The summed E-state index contributed by atoms with van der Waals surface area (Å²) in [6.45, 7) is 3.77. The number of hydrogen-bond acceptors (Lipinski definition) is 2. The molecule has 1 atom stereocenters. The molecular weight excluding hydrogens is 203 g/mol. The summed E-state index contributed by atoms with van der Waals surface area (Å²) in [4.78, 5) is 0. The first kappa shape index (κ1) is 13.1. The molecule has 0 fully saturated rings. The number of rotatable bonds is 7.